The van der Waals surface area contributed by atoms with E-state index in [2.05, 4.69) is 16.0 Å². The Balaban J connectivity index is 1.88. The number of carboxylic acids is 1. The molecular weight excluding hydrogens is 426 g/mol. The number of hydrogen-bond acceptors (Lipinski definition) is 4. The number of thiophene rings is 1. The van der Waals surface area contributed by atoms with Crippen LogP contribution in [0.15, 0.2) is 18.2 Å². The van der Waals surface area contributed by atoms with Crippen molar-refractivity contribution in [3.8, 4) is 0 Å². The quantitative estimate of drug-likeness (QED) is 0.463. The Morgan fingerprint density at radius 3 is 2.38 bits per heavy atom. The second-order valence-corrected chi connectivity index (χ2v) is 9.54. The Labute approximate surface area is 192 Å². The van der Waals surface area contributed by atoms with Crippen LogP contribution in [0.2, 0.25) is 0 Å². The van der Waals surface area contributed by atoms with Crippen molar-refractivity contribution in [1.82, 2.24) is 5.32 Å². The lowest BCUT2D eigenvalue weighted by molar-refractivity contribution is -0.140. The molecule has 7 nitrogen and oxygen atoms in total. The molecule has 0 spiro atoms. The number of benzene rings is 1. The van der Waals surface area contributed by atoms with Gasteiger partial charge in [-0.25, -0.2) is 9.59 Å². The van der Waals surface area contributed by atoms with Gasteiger partial charge in [0.25, 0.3) is 5.91 Å². The van der Waals surface area contributed by atoms with Crippen LogP contribution in [0.4, 0.5) is 15.5 Å². The average Bonchev–Trinajstić information content (AvgIpc) is 3.11. The third-order valence-corrected chi connectivity index (χ3v) is 7.32. The zero-order chi connectivity index (χ0) is 23.4. The lowest BCUT2D eigenvalue weighted by Gasteiger charge is -2.21. The summed E-state index contributed by atoms with van der Waals surface area (Å²) in [4.78, 5) is 38.9. The predicted octanol–water partition coefficient (Wildman–Crippen LogP) is 5.12. The van der Waals surface area contributed by atoms with E-state index in [4.69, 9.17) is 0 Å². The Bertz CT molecular complexity index is 1010. The fourth-order valence-electron chi connectivity index (χ4n) is 4.05. The van der Waals surface area contributed by atoms with Crippen LogP contribution in [0.1, 0.15) is 65.0 Å². The molecule has 0 saturated heterocycles. The molecule has 0 saturated carbocycles. The molecule has 8 heteroatoms. The van der Waals surface area contributed by atoms with Gasteiger partial charge < -0.3 is 15.7 Å². The summed E-state index contributed by atoms with van der Waals surface area (Å²) in [5.41, 5.74) is 3.95. The van der Waals surface area contributed by atoms with Crippen molar-refractivity contribution in [2.24, 2.45) is 5.92 Å². The van der Waals surface area contributed by atoms with E-state index in [9.17, 15) is 19.5 Å². The van der Waals surface area contributed by atoms with Crippen LogP contribution >= 0.6 is 11.3 Å². The molecule has 4 N–H and O–H groups in total. The summed E-state index contributed by atoms with van der Waals surface area (Å²) in [6, 6.07) is 4.37. The second kappa shape index (κ2) is 10.2. The first kappa shape index (κ1) is 23.8. The number of carbonyl (C=O) groups is 3. The normalized spacial score (nSPS) is 14.8. The minimum atomic E-state index is -1.06. The molecule has 1 aliphatic rings. The number of amides is 3. The average molecular weight is 458 g/mol. The van der Waals surface area contributed by atoms with E-state index in [1.807, 2.05) is 39.0 Å². The van der Waals surface area contributed by atoms with Gasteiger partial charge in [-0.1, -0.05) is 38.5 Å². The number of rotatable bonds is 7. The summed E-state index contributed by atoms with van der Waals surface area (Å²) in [6.45, 7) is 7.54. The molecule has 2 atom stereocenters. The van der Waals surface area contributed by atoms with Crippen molar-refractivity contribution in [3.63, 3.8) is 0 Å². The van der Waals surface area contributed by atoms with Crippen molar-refractivity contribution < 1.29 is 19.5 Å². The first-order valence-electron chi connectivity index (χ1n) is 11.0. The monoisotopic (exact) mass is 457 g/mol. The Morgan fingerprint density at radius 2 is 1.75 bits per heavy atom. The van der Waals surface area contributed by atoms with E-state index in [0.29, 0.717) is 17.0 Å². The van der Waals surface area contributed by atoms with Gasteiger partial charge in [0.1, 0.15) is 11.0 Å². The highest BCUT2D eigenvalue weighted by atomic mass is 32.1. The predicted molar refractivity (Wildman–Crippen MR) is 128 cm³/mol. The van der Waals surface area contributed by atoms with Crippen molar-refractivity contribution in [2.45, 2.75) is 65.8 Å². The van der Waals surface area contributed by atoms with Gasteiger partial charge in [-0.3, -0.25) is 10.1 Å². The Hall–Kier alpha value is -2.87. The van der Waals surface area contributed by atoms with Crippen LogP contribution < -0.4 is 16.0 Å². The van der Waals surface area contributed by atoms with Crippen molar-refractivity contribution >= 4 is 39.9 Å². The third-order valence-electron chi connectivity index (χ3n) is 6.11. The number of nitrogens with one attached hydrogen (secondary N) is 3. The lowest BCUT2D eigenvalue weighted by Crippen LogP contribution is -2.45. The van der Waals surface area contributed by atoms with Crippen LogP contribution in [-0.4, -0.2) is 29.1 Å². The van der Waals surface area contributed by atoms with Crippen molar-refractivity contribution in [2.75, 3.05) is 10.6 Å². The number of carbonyl (C=O) groups excluding carboxylic acids is 2. The molecule has 0 fully saturated rings. The first-order chi connectivity index (χ1) is 15.2. The fraction of sp³-hybridized carbons (Fsp3) is 0.458. The summed E-state index contributed by atoms with van der Waals surface area (Å²) in [5, 5.41) is 18.5. The number of urea groups is 1. The molecule has 1 aliphatic carbocycles. The number of hydrogen-bond donors (Lipinski definition) is 4. The molecule has 3 rings (SSSR count). The van der Waals surface area contributed by atoms with E-state index in [0.717, 1.165) is 52.9 Å². The van der Waals surface area contributed by atoms with Gasteiger partial charge in [-0.15, -0.1) is 11.3 Å². The van der Waals surface area contributed by atoms with Gasteiger partial charge in [0.15, 0.2) is 0 Å². The second-order valence-electron chi connectivity index (χ2n) is 8.44. The van der Waals surface area contributed by atoms with E-state index < -0.39 is 23.9 Å². The minimum Gasteiger partial charge on any atom is -0.480 e. The van der Waals surface area contributed by atoms with E-state index in [1.54, 1.807) is 6.92 Å². The number of fused-ring (bicyclic) bond motifs is 1. The maximum atomic E-state index is 13.2. The molecular formula is C24H31N3O4S. The number of carboxylic acid groups (broad SMARTS) is 1. The van der Waals surface area contributed by atoms with Crippen molar-refractivity contribution in [3.05, 3.63) is 45.3 Å². The van der Waals surface area contributed by atoms with Crippen LogP contribution in [0.5, 0.6) is 0 Å². The van der Waals surface area contributed by atoms with Crippen molar-refractivity contribution in [1.29, 1.82) is 0 Å². The maximum absolute atomic E-state index is 13.2. The van der Waals surface area contributed by atoms with E-state index in [1.165, 1.54) is 11.3 Å². The fourth-order valence-corrected chi connectivity index (χ4v) is 5.33. The molecule has 2 aromatic rings. The van der Waals surface area contributed by atoms with Crippen LogP contribution in [0.25, 0.3) is 0 Å². The zero-order valence-corrected chi connectivity index (χ0v) is 19.8. The highest BCUT2D eigenvalue weighted by Gasteiger charge is 2.31. The summed E-state index contributed by atoms with van der Waals surface area (Å²) < 4.78 is 0. The molecule has 0 unspecified atom stereocenters. The summed E-state index contributed by atoms with van der Waals surface area (Å²) in [7, 11) is 0. The van der Waals surface area contributed by atoms with Gasteiger partial charge in [0.2, 0.25) is 0 Å². The van der Waals surface area contributed by atoms with Crippen LogP contribution in [-0.2, 0) is 17.6 Å². The van der Waals surface area contributed by atoms with E-state index >= 15 is 0 Å². The molecule has 1 heterocycles. The largest absolute Gasteiger partial charge is 0.480 e. The standard InChI is InChI=1S/C24H31N3O4S/c1-5-13(2)20(23(29)30)25-21(28)18-16-11-6-7-12-17(16)32-22(18)27-24(31)26-19-14(3)9-8-10-15(19)4/h8-10,13,20H,5-7,11-12H2,1-4H3,(H,25,28)(H,29,30)(H2,26,27,31)/t13-,20-/m0/s1. The molecule has 32 heavy (non-hydrogen) atoms. The molecule has 0 bridgehead atoms. The van der Waals surface area contributed by atoms with E-state index in [-0.39, 0.29) is 5.92 Å². The topological polar surface area (TPSA) is 108 Å². The van der Waals surface area contributed by atoms with Gasteiger partial charge in [0, 0.05) is 10.6 Å². The Morgan fingerprint density at radius 1 is 1.09 bits per heavy atom. The molecule has 172 valence electrons. The summed E-state index contributed by atoms with van der Waals surface area (Å²) in [6.07, 6.45) is 4.23. The van der Waals surface area contributed by atoms with Gasteiger partial charge >= 0.3 is 12.0 Å². The molecule has 1 aromatic carbocycles. The highest BCUT2D eigenvalue weighted by Crippen LogP contribution is 2.38. The minimum absolute atomic E-state index is 0.213. The lowest BCUT2D eigenvalue weighted by atomic mass is 9.94. The number of para-hydroxylation sites is 1. The van der Waals surface area contributed by atoms with Gasteiger partial charge in [0.05, 0.1) is 5.56 Å². The first-order valence-corrected chi connectivity index (χ1v) is 11.9. The molecule has 3 amide bonds. The number of aliphatic carboxylic acids is 1. The third kappa shape index (κ3) is 5.12. The van der Waals surface area contributed by atoms with Crippen LogP contribution in [0, 0.1) is 19.8 Å². The zero-order valence-electron chi connectivity index (χ0n) is 19.0. The highest BCUT2D eigenvalue weighted by molar-refractivity contribution is 7.17. The number of anilines is 2. The molecule has 0 radical (unpaired) electrons. The van der Waals surface area contributed by atoms with Gasteiger partial charge in [-0.2, -0.15) is 0 Å². The Kier molecular flexibility index (Phi) is 7.56. The molecule has 0 aliphatic heterocycles. The number of aryl methyl sites for hydroxylation is 3. The summed E-state index contributed by atoms with van der Waals surface area (Å²) >= 11 is 1.41. The SMILES string of the molecule is CC[C@H](C)[C@H](NC(=O)c1c(NC(=O)Nc2c(C)cccc2C)sc2c1CCCC2)C(=O)O. The van der Waals surface area contributed by atoms with Gasteiger partial charge in [-0.05, 0) is 62.1 Å². The summed E-state index contributed by atoms with van der Waals surface area (Å²) in [5.74, 6) is -1.71. The smallest absolute Gasteiger partial charge is 0.326 e. The van der Waals surface area contributed by atoms with Crippen LogP contribution in [0.3, 0.4) is 0 Å². The maximum Gasteiger partial charge on any atom is 0.326 e. The molecule has 1 aromatic heterocycles.